The van der Waals surface area contributed by atoms with E-state index in [0.29, 0.717) is 55.6 Å². The molecule has 0 radical (unpaired) electrons. The topological polar surface area (TPSA) is 96.4 Å². The van der Waals surface area contributed by atoms with Crippen LogP contribution in [0.25, 0.3) is 0 Å². The van der Waals surface area contributed by atoms with Gasteiger partial charge in [-0.2, -0.15) is 0 Å². The monoisotopic (exact) mass is 508 g/mol. The Balaban J connectivity index is 1.58. The van der Waals surface area contributed by atoms with Gasteiger partial charge in [0.15, 0.2) is 5.78 Å². The van der Waals surface area contributed by atoms with Crippen molar-refractivity contribution in [3.8, 4) is 11.5 Å². The third-order valence-electron chi connectivity index (χ3n) is 6.93. The van der Waals surface area contributed by atoms with Gasteiger partial charge in [-0.25, -0.2) is 0 Å². The lowest BCUT2D eigenvalue weighted by Gasteiger charge is -2.30. The first-order chi connectivity index (χ1) is 17.8. The summed E-state index contributed by atoms with van der Waals surface area (Å²) >= 11 is 0. The van der Waals surface area contributed by atoms with Crippen molar-refractivity contribution in [1.29, 1.82) is 0 Å². The highest BCUT2D eigenvalue weighted by atomic mass is 16.5. The fourth-order valence-electron chi connectivity index (χ4n) is 4.96. The maximum absolute atomic E-state index is 13.7. The molecule has 37 heavy (non-hydrogen) atoms. The number of hydrogen-bond acceptors (Lipinski definition) is 7. The number of hydrogen-bond donors (Lipinski definition) is 1. The molecule has 8 heteroatoms. The molecule has 8 nitrogen and oxygen atoms in total. The van der Waals surface area contributed by atoms with E-state index in [1.54, 1.807) is 30.3 Å². The summed E-state index contributed by atoms with van der Waals surface area (Å²) in [5, 5.41) is 9.80. The van der Waals surface area contributed by atoms with E-state index in [-0.39, 0.29) is 11.5 Å². The lowest BCUT2D eigenvalue weighted by molar-refractivity contribution is -0.140. The van der Waals surface area contributed by atoms with Crippen molar-refractivity contribution in [1.82, 2.24) is 9.80 Å². The highest BCUT2D eigenvalue weighted by molar-refractivity contribution is 6.44. The fraction of sp³-hybridized carbons (Fsp3) is 0.483. The van der Waals surface area contributed by atoms with E-state index in [1.165, 1.54) is 17.0 Å². The van der Waals surface area contributed by atoms with E-state index < -0.39 is 23.7 Å². The number of likely N-dealkylation sites (tertiary alicyclic amines) is 1. The minimum Gasteiger partial charge on any atom is -0.508 e. The van der Waals surface area contributed by atoms with Gasteiger partial charge in [-0.1, -0.05) is 26.0 Å². The molecule has 2 aromatic carbocycles. The minimum atomic E-state index is -1.15. The maximum Gasteiger partial charge on any atom is 0.291 e. The third kappa shape index (κ3) is 6.19. The van der Waals surface area contributed by atoms with Crippen LogP contribution in [-0.2, 0) is 14.3 Å². The van der Waals surface area contributed by atoms with Gasteiger partial charge in [0.05, 0.1) is 25.9 Å². The Hall–Kier alpha value is -3.23. The normalized spacial score (nSPS) is 20.6. The van der Waals surface area contributed by atoms with Gasteiger partial charge < -0.3 is 19.5 Å². The molecule has 198 valence electrons. The van der Waals surface area contributed by atoms with Gasteiger partial charge in [0.2, 0.25) is 5.78 Å². The second-order valence-corrected chi connectivity index (χ2v) is 10.2. The number of amides is 1. The summed E-state index contributed by atoms with van der Waals surface area (Å²) in [4.78, 5) is 44.0. The zero-order valence-electron chi connectivity index (χ0n) is 21.8. The molecule has 4 rings (SSSR count). The molecule has 0 bridgehead atoms. The molecule has 2 aliphatic rings. The molecule has 0 spiro atoms. The summed E-state index contributed by atoms with van der Waals surface area (Å²) < 4.78 is 11.2. The van der Waals surface area contributed by atoms with Crippen molar-refractivity contribution in [2.45, 2.75) is 33.2 Å². The van der Waals surface area contributed by atoms with E-state index in [9.17, 15) is 19.5 Å². The second-order valence-electron chi connectivity index (χ2n) is 10.2. The second kappa shape index (κ2) is 11.9. The number of ketones is 2. The SMILES string of the molecule is Cc1cc(C(=O)C2C(=O)C(=O)N(CCCN3CCOCC3)C2c2ccc(O)cc2)ccc1OCC(C)C. The molecule has 0 aliphatic carbocycles. The molecular formula is C29H36N2O6. The van der Waals surface area contributed by atoms with Crippen LogP contribution in [0.1, 0.15) is 47.8 Å². The van der Waals surface area contributed by atoms with Crippen LogP contribution in [0.3, 0.4) is 0 Å². The van der Waals surface area contributed by atoms with Crippen molar-refractivity contribution in [3.63, 3.8) is 0 Å². The molecule has 2 aromatic rings. The number of phenolic OH excluding ortho intramolecular Hbond substituents is 1. The van der Waals surface area contributed by atoms with Gasteiger partial charge in [-0.15, -0.1) is 0 Å². The Bertz CT molecular complexity index is 1120. The Kier molecular flexibility index (Phi) is 8.61. The predicted octanol–water partition coefficient (Wildman–Crippen LogP) is 3.41. The summed E-state index contributed by atoms with van der Waals surface area (Å²) in [7, 11) is 0. The lowest BCUT2D eigenvalue weighted by atomic mass is 9.86. The number of ether oxygens (including phenoxy) is 2. The van der Waals surface area contributed by atoms with Crippen molar-refractivity contribution in [2.24, 2.45) is 11.8 Å². The van der Waals surface area contributed by atoms with Crippen LogP contribution in [0.4, 0.5) is 0 Å². The Morgan fingerprint density at radius 3 is 2.43 bits per heavy atom. The maximum atomic E-state index is 13.7. The molecule has 1 N–H and O–H groups in total. The average molecular weight is 509 g/mol. The van der Waals surface area contributed by atoms with Crippen molar-refractivity contribution in [3.05, 3.63) is 59.2 Å². The molecule has 1 amide bonds. The summed E-state index contributed by atoms with van der Waals surface area (Å²) in [5.74, 6) is -1.72. The Morgan fingerprint density at radius 1 is 1.08 bits per heavy atom. The number of rotatable bonds is 10. The molecule has 2 saturated heterocycles. The van der Waals surface area contributed by atoms with Gasteiger partial charge in [-0.3, -0.25) is 19.3 Å². The summed E-state index contributed by atoms with van der Waals surface area (Å²) in [6, 6.07) is 10.8. The first-order valence-electron chi connectivity index (χ1n) is 13.0. The number of carbonyl (C=O) groups is 3. The standard InChI is InChI=1S/C29H36N2O6/c1-19(2)18-37-24-10-7-22(17-20(24)3)27(33)25-26(21-5-8-23(32)9-6-21)31(29(35)28(25)34)12-4-11-30-13-15-36-16-14-30/h5-10,17,19,25-26,32H,4,11-16,18H2,1-3H3. The van der Waals surface area contributed by atoms with Gasteiger partial charge in [0.1, 0.15) is 17.4 Å². The van der Waals surface area contributed by atoms with Crippen molar-refractivity contribution >= 4 is 17.5 Å². The fourth-order valence-corrected chi connectivity index (χ4v) is 4.96. The van der Waals surface area contributed by atoms with E-state index in [4.69, 9.17) is 9.47 Å². The highest BCUT2D eigenvalue weighted by Gasteiger charge is 2.51. The number of nitrogens with zero attached hydrogens (tertiary/aromatic N) is 2. The van der Waals surface area contributed by atoms with E-state index >= 15 is 0 Å². The van der Waals surface area contributed by atoms with Crippen molar-refractivity contribution < 1.29 is 29.0 Å². The Morgan fingerprint density at radius 2 is 1.78 bits per heavy atom. The van der Waals surface area contributed by atoms with Crippen molar-refractivity contribution in [2.75, 3.05) is 46.0 Å². The molecule has 2 atom stereocenters. The number of Topliss-reactive ketones (excluding diaryl/α,β-unsaturated/α-hetero) is 2. The Labute approximate surface area is 218 Å². The average Bonchev–Trinajstić information content (AvgIpc) is 3.13. The zero-order valence-corrected chi connectivity index (χ0v) is 21.8. The van der Waals surface area contributed by atoms with Crippen LogP contribution in [0.15, 0.2) is 42.5 Å². The van der Waals surface area contributed by atoms with Crippen LogP contribution >= 0.6 is 0 Å². The van der Waals surface area contributed by atoms with E-state index in [2.05, 4.69) is 18.7 Å². The third-order valence-corrected chi connectivity index (χ3v) is 6.93. The van der Waals surface area contributed by atoms with Gasteiger partial charge in [-0.05, 0) is 60.7 Å². The van der Waals surface area contributed by atoms with Crippen LogP contribution in [-0.4, -0.2) is 78.4 Å². The molecule has 2 heterocycles. The number of aryl methyl sites for hydroxylation is 1. The first-order valence-corrected chi connectivity index (χ1v) is 13.0. The molecule has 0 saturated carbocycles. The van der Waals surface area contributed by atoms with Gasteiger partial charge in [0, 0.05) is 31.7 Å². The number of carbonyl (C=O) groups excluding carboxylic acids is 3. The molecule has 0 aromatic heterocycles. The van der Waals surface area contributed by atoms with Gasteiger partial charge in [0.25, 0.3) is 5.91 Å². The molecule has 2 aliphatic heterocycles. The van der Waals surface area contributed by atoms with Crippen LogP contribution < -0.4 is 4.74 Å². The molecule has 2 unspecified atom stereocenters. The van der Waals surface area contributed by atoms with Gasteiger partial charge >= 0.3 is 0 Å². The number of benzene rings is 2. The van der Waals surface area contributed by atoms with E-state index in [1.807, 2.05) is 6.92 Å². The lowest BCUT2D eigenvalue weighted by Crippen LogP contribution is -2.39. The highest BCUT2D eigenvalue weighted by Crippen LogP contribution is 2.39. The molecular weight excluding hydrogens is 472 g/mol. The van der Waals surface area contributed by atoms with Crippen LogP contribution in [0.5, 0.6) is 11.5 Å². The number of morpholine rings is 1. The quantitative estimate of drug-likeness (QED) is 0.298. The van der Waals surface area contributed by atoms with E-state index in [0.717, 1.165) is 25.2 Å². The van der Waals surface area contributed by atoms with Crippen LogP contribution in [0.2, 0.25) is 0 Å². The largest absolute Gasteiger partial charge is 0.508 e. The molecule has 2 fully saturated rings. The zero-order chi connectivity index (χ0) is 26.5. The number of aromatic hydroxyl groups is 1. The summed E-state index contributed by atoms with van der Waals surface area (Å²) in [6.07, 6.45) is 0.676. The van der Waals surface area contributed by atoms with Crippen LogP contribution in [0, 0.1) is 18.8 Å². The minimum absolute atomic E-state index is 0.0776. The predicted molar refractivity (Wildman–Crippen MR) is 139 cm³/mol. The smallest absolute Gasteiger partial charge is 0.291 e. The first kappa shape index (κ1) is 26.8. The summed E-state index contributed by atoms with van der Waals surface area (Å²) in [6.45, 7) is 10.7. The summed E-state index contributed by atoms with van der Waals surface area (Å²) in [5.41, 5.74) is 1.82. The number of phenols is 1.